The molecule has 1 aliphatic rings. The molecule has 3 aromatic carbocycles. The standard InChI is InChI=1S/C23H18N2O3/c1-14-11-15(2)13-16(12-14)21(26)24-17-7-9-18(10-8-17)25-22(27)19-5-3-4-6-20(19)23(25)28/h3-13H,1-2H3,(H,24,26). The number of hydrogen-bond acceptors (Lipinski definition) is 3. The van der Waals surface area contributed by atoms with Gasteiger partial charge in [-0.15, -0.1) is 0 Å². The maximum Gasteiger partial charge on any atom is 0.266 e. The largest absolute Gasteiger partial charge is 0.322 e. The van der Waals surface area contributed by atoms with E-state index in [4.69, 9.17) is 0 Å². The van der Waals surface area contributed by atoms with Gasteiger partial charge in [-0.1, -0.05) is 29.3 Å². The minimum atomic E-state index is -0.340. The molecule has 0 fully saturated rings. The maximum absolute atomic E-state index is 12.6. The minimum absolute atomic E-state index is 0.208. The van der Waals surface area contributed by atoms with Gasteiger partial charge in [0.05, 0.1) is 16.8 Å². The molecule has 0 saturated carbocycles. The highest BCUT2D eigenvalue weighted by atomic mass is 16.2. The summed E-state index contributed by atoms with van der Waals surface area (Å²) in [6.07, 6.45) is 0. The van der Waals surface area contributed by atoms with Crippen molar-refractivity contribution in [2.24, 2.45) is 0 Å². The summed E-state index contributed by atoms with van der Waals surface area (Å²) in [4.78, 5) is 38.7. The van der Waals surface area contributed by atoms with E-state index in [9.17, 15) is 14.4 Å². The van der Waals surface area contributed by atoms with Crippen LogP contribution in [0.5, 0.6) is 0 Å². The van der Waals surface area contributed by atoms with Crippen molar-refractivity contribution in [1.29, 1.82) is 0 Å². The zero-order chi connectivity index (χ0) is 19.8. The zero-order valence-electron chi connectivity index (χ0n) is 15.5. The summed E-state index contributed by atoms with van der Waals surface area (Å²) in [5, 5.41) is 2.84. The number of aryl methyl sites for hydroxylation is 2. The summed E-state index contributed by atoms with van der Waals surface area (Å²) < 4.78 is 0. The molecule has 1 aliphatic heterocycles. The second-order valence-corrected chi connectivity index (χ2v) is 6.87. The van der Waals surface area contributed by atoms with E-state index < -0.39 is 0 Å². The fraction of sp³-hybridized carbons (Fsp3) is 0.0870. The summed E-state index contributed by atoms with van der Waals surface area (Å²) in [6.45, 7) is 3.89. The summed E-state index contributed by atoms with van der Waals surface area (Å²) in [5.41, 5.74) is 4.48. The van der Waals surface area contributed by atoms with E-state index >= 15 is 0 Å². The molecule has 3 amide bonds. The molecule has 1 N–H and O–H groups in total. The molecular weight excluding hydrogens is 352 g/mol. The van der Waals surface area contributed by atoms with Gasteiger partial charge in [-0.2, -0.15) is 0 Å². The highest BCUT2D eigenvalue weighted by molar-refractivity contribution is 6.34. The molecule has 1 heterocycles. The van der Waals surface area contributed by atoms with E-state index in [0.717, 1.165) is 16.0 Å². The Bertz CT molecular complexity index is 1060. The Labute approximate surface area is 162 Å². The monoisotopic (exact) mass is 370 g/mol. The Kier molecular flexibility index (Phi) is 4.28. The number of nitrogens with zero attached hydrogens (tertiary/aromatic N) is 1. The zero-order valence-corrected chi connectivity index (χ0v) is 15.5. The molecule has 28 heavy (non-hydrogen) atoms. The number of rotatable bonds is 3. The van der Waals surface area contributed by atoms with Gasteiger partial charge in [-0.25, -0.2) is 4.90 Å². The van der Waals surface area contributed by atoms with Crippen LogP contribution in [-0.2, 0) is 0 Å². The van der Waals surface area contributed by atoms with Crippen molar-refractivity contribution in [2.45, 2.75) is 13.8 Å². The molecule has 5 nitrogen and oxygen atoms in total. The maximum atomic E-state index is 12.6. The number of fused-ring (bicyclic) bond motifs is 1. The molecular formula is C23H18N2O3. The normalized spacial score (nSPS) is 12.9. The summed E-state index contributed by atoms with van der Waals surface area (Å²) in [6, 6.07) is 19.1. The first-order chi connectivity index (χ1) is 13.4. The number of imide groups is 1. The average molecular weight is 370 g/mol. The van der Waals surface area contributed by atoms with Crippen molar-refractivity contribution < 1.29 is 14.4 Å². The van der Waals surface area contributed by atoms with Crippen LogP contribution in [0.4, 0.5) is 11.4 Å². The van der Waals surface area contributed by atoms with Crippen LogP contribution in [0.15, 0.2) is 66.7 Å². The number of carbonyl (C=O) groups is 3. The molecule has 0 radical (unpaired) electrons. The number of nitrogens with one attached hydrogen (secondary N) is 1. The molecule has 0 spiro atoms. The van der Waals surface area contributed by atoms with Crippen LogP contribution in [0.25, 0.3) is 0 Å². The van der Waals surface area contributed by atoms with Gasteiger partial charge in [0.1, 0.15) is 0 Å². The van der Waals surface area contributed by atoms with Crippen molar-refractivity contribution in [1.82, 2.24) is 0 Å². The molecule has 0 saturated heterocycles. The van der Waals surface area contributed by atoms with Crippen molar-refractivity contribution in [3.63, 3.8) is 0 Å². The number of carbonyl (C=O) groups excluding carboxylic acids is 3. The predicted molar refractivity (Wildman–Crippen MR) is 108 cm³/mol. The third-order valence-electron chi connectivity index (χ3n) is 4.66. The minimum Gasteiger partial charge on any atom is -0.322 e. The van der Waals surface area contributed by atoms with E-state index in [0.29, 0.717) is 28.1 Å². The molecule has 5 heteroatoms. The predicted octanol–water partition coefficient (Wildman–Crippen LogP) is 4.36. The van der Waals surface area contributed by atoms with Crippen LogP contribution in [0.2, 0.25) is 0 Å². The lowest BCUT2D eigenvalue weighted by atomic mass is 10.1. The molecule has 0 bridgehead atoms. The fourth-order valence-corrected chi connectivity index (χ4v) is 3.43. The Balaban J connectivity index is 1.54. The van der Waals surface area contributed by atoms with Gasteiger partial charge in [0.15, 0.2) is 0 Å². The molecule has 0 aromatic heterocycles. The van der Waals surface area contributed by atoms with Crippen LogP contribution in [0, 0.1) is 13.8 Å². The van der Waals surface area contributed by atoms with Gasteiger partial charge >= 0.3 is 0 Å². The van der Waals surface area contributed by atoms with Gasteiger partial charge in [0, 0.05) is 11.3 Å². The first kappa shape index (κ1) is 17.7. The summed E-state index contributed by atoms with van der Waals surface area (Å²) >= 11 is 0. The lowest BCUT2D eigenvalue weighted by Crippen LogP contribution is -2.29. The van der Waals surface area contributed by atoms with Crippen LogP contribution in [-0.4, -0.2) is 17.7 Å². The third kappa shape index (κ3) is 3.07. The Morgan fingerprint density at radius 3 is 1.86 bits per heavy atom. The molecule has 4 rings (SSSR count). The van der Waals surface area contributed by atoms with Gasteiger partial charge < -0.3 is 5.32 Å². The van der Waals surface area contributed by atoms with Crippen molar-refractivity contribution >= 4 is 29.1 Å². The van der Waals surface area contributed by atoms with Crippen LogP contribution >= 0.6 is 0 Å². The van der Waals surface area contributed by atoms with Gasteiger partial charge in [-0.3, -0.25) is 14.4 Å². The lowest BCUT2D eigenvalue weighted by molar-refractivity contribution is 0.0924. The number of hydrogen-bond donors (Lipinski definition) is 1. The first-order valence-corrected chi connectivity index (χ1v) is 8.91. The molecule has 3 aromatic rings. The van der Waals surface area contributed by atoms with Crippen LogP contribution in [0.3, 0.4) is 0 Å². The SMILES string of the molecule is Cc1cc(C)cc(C(=O)Nc2ccc(N3C(=O)c4ccccc4C3=O)cc2)c1. The smallest absolute Gasteiger partial charge is 0.266 e. The Morgan fingerprint density at radius 1 is 0.786 bits per heavy atom. The van der Waals surface area contributed by atoms with E-state index in [2.05, 4.69) is 5.32 Å². The van der Waals surface area contributed by atoms with Gasteiger partial charge in [0.2, 0.25) is 0 Å². The molecule has 138 valence electrons. The lowest BCUT2D eigenvalue weighted by Gasteiger charge is -2.14. The van der Waals surface area contributed by atoms with E-state index in [-0.39, 0.29) is 17.7 Å². The van der Waals surface area contributed by atoms with E-state index in [1.165, 1.54) is 0 Å². The second kappa shape index (κ2) is 6.78. The number of amides is 3. The average Bonchev–Trinajstić information content (AvgIpc) is 2.93. The summed E-state index contributed by atoms with van der Waals surface area (Å²) in [7, 11) is 0. The molecule has 0 unspecified atom stereocenters. The topological polar surface area (TPSA) is 66.5 Å². The Hall–Kier alpha value is -3.73. The molecule has 0 aliphatic carbocycles. The third-order valence-corrected chi connectivity index (χ3v) is 4.66. The first-order valence-electron chi connectivity index (χ1n) is 8.91. The van der Waals surface area contributed by atoms with E-state index in [1.54, 1.807) is 48.5 Å². The number of benzene rings is 3. The van der Waals surface area contributed by atoms with Crippen LogP contribution in [0.1, 0.15) is 42.2 Å². The molecule has 0 atom stereocenters. The quantitative estimate of drug-likeness (QED) is 0.697. The van der Waals surface area contributed by atoms with Gasteiger partial charge in [-0.05, 0) is 62.4 Å². The highest BCUT2D eigenvalue weighted by Crippen LogP contribution is 2.29. The van der Waals surface area contributed by atoms with Crippen molar-refractivity contribution in [2.75, 3.05) is 10.2 Å². The van der Waals surface area contributed by atoms with Crippen molar-refractivity contribution in [3.05, 3.63) is 94.5 Å². The second-order valence-electron chi connectivity index (χ2n) is 6.87. The van der Waals surface area contributed by atoms with Crippen molar-refractivity contribution in [3.8, 4) is 0 Å². The summed E-state index contributed by atoms with van der Waals surface area (Å²) in [5.74, 6) is -0.888. The van der Waals surface area contributed by atoms with E-state index in [1.807, 2.05) is 32.0 Å². The van der Waals surface area contributed by atoms with Gasteiger partial charge in [0.25, 0.3) is 17.7 Å². The van der Waals surface area contributed by atoms with Crippen LogP contribution < -0.4 is 10.2 Å². The Morgan fingerprint density at radius 2 is 1.32 bits per heavy atom. The highest BCUT2D eigenvalue weighted by Gasteiger charge is 2.36. The number of anilines is 2. The fourth-order valence-electron chi connectivity index (χ4n) is 3.43.